The summed E-state index contributed by atoms with van der Waals surface area (Å²) in [6, 6.07) is 0. The van der Waals surface area contributed by atoms with Crippen molar-refractivity contribution >= 4 is 5.91 Å². The van der Waals surface area contributed by atoms with Crippen LogP contribution in [-0.4, -0.2) is 37.0 Å². The van der Waals surface area contributed by atoms with Crippen LogP contribution in [0.2, 0.25) is 0 Å². The molecule has 18 heavy (non-hydrogen) atoms. The molecule has 2 rings (SSSR count). The fourth-order valence-electron chi connectivity index (χ4n) is 3.33. The van der Waals surface area contributed by atoms with Crippen LogP contribution in [0.1, 0.15) is 58.3 Å². The van der Waals surface area contributed by atoms with E-state index < -0.39 is 0 Å². The van der Waals surface area contributed by atoms with Gasteiger partial charge in [-0.1, -0.05) is 32.6 Å². The number of likely N-dealkylation sites (tertiary alicyclic amines) is 1. The summed E-state index contributed by atoms with van der Waals surface area (Å²) >= 11 is 0. The number of unbranched alkanes of at least 4 members (excludes halogenated alkanes) is 4. The molecule has 0 aliphatic carbocycles. The lowest BCUT2D eigenvalue weighted by Gasteiger charge is -2.22. The van der Waals surface area contributed by atoms with Gasteiger partial charge in [0.05, 0.1) is 0 Å². The second-order valence-corrected chi connectivity index (χ2v) is 6.16. The molecule has 1 spiro atoms. The SMILES string of the molecule is CCCCCCCC(=O)N1CCC2(CCNC2)C1. The molecule has 1 atom stereocenters. The van der Waals surface area contributed by atoms with Gasteiger partial charge < -0.3 is 10.2 Å². The number of nitrogens with one attached hydrogen (secondary N) is 1. The summed E-state index contributed by atoms with van der Waals surface area (Å²) in [5.74, 6) is 0.398. The lowest BCUT2D eigenvalue weighted by atomic mass is 9.86. The van der Waals surface area contributed by atoms with Crippen LogP contribution >= 0.6 is 0 Å². The van der Waals surface area contributed by atoms with E-state index in [9.17, 15) is 4.79 Å². The normalized spacial score (nSPS) is 27.3. The quantitative estimate of drug-likeness (QED) is 0.737. The molecule has 2 heterocycles. The van der Waals surface area contributed by atoms with Crippen molar-refractivity contribution in [1.82, 2.24) is 10.2 Å². The van der Waals surface area contributed by atoms with Crippen LogP contribution in [0.4, 0.5) is 0 Å². The summed E-state index contributed by atoms with van der Waals surface area (Å²) in [7, 11) is 0. The molecule has 0 aromatic carbocycles. The molecule has 0 radical (unpaired) electrons. The van der Waals surface area contributed by atoms with E-state index >= 15 is 0 Å². The Morgan fingerprint density at radius 2 is 2.06 bits per heavy atom. The van der Waals surface area contributed by atoms with E-state index in [2.05, 4.69) is 17.1 Å². The van der Waals surface area contributed by atoms with Crippen LogP contribution in [0.25, 0.3) is 0 Å². The van der Waals surface area contributed by atoms with Crippen molar-refractivity contribution in [1.29, 1.82) is 0 Å². The van der Waals surface area contributed by atoms with Gasteiger partial charge in [-0.2, -0.15) is 0 Å². The van der Waals surface area contributed by atoms with Gasteiger partial charge in [0.2, 0.25) is 5.91 Å². The highest BCUT2D eigenvalue weighted by Crippen LogP contribution is 2.36. The van der Waals surface area contributed by atoms with E-state index in [1.54, 1.807) is 0 Å². The van der Waals surface area contributed by atoms with Crippen LogP contribution in [0, 0.1) is 5.41 Å². The molecular formula is C15H28N2O. The van der Waals surface area contributed by atoms with Crippen LogP contribution < -0.4 is 5.32 Å². The van der Waals surface area contributed by atoms with Gasteiger partial charge in [-0.05, 0) is 25.8 Å². The second-order valence-electron chi connectivity index (χ2n) is 6.16. The Hall–Kier alpha value is -0.570. The monoisotopic (exact) mass is 252 g/mol. The van der Waals surface area contributed by atoms with Crippen molar-refractivity contribution in [3.63, 3.8) is 0 Å². The molecule has 0 aromatic rings. The fourth-order valence-corrected chi connectivity index (χ4v) is 3.33. The minimum Gasteiger partial charge on any atom is -0.342 e. The van der Waals surface area contributed by atoms with E-state index in [0.29, 0.717) is 11.3 Å². The summed E-state index contributed by atoms with van der Waals surface area (Å²) in [6.07, 6.45) is 9.42. The van der Waals surface area contributed by atoms with Crippen molar-refractivity contribution < 1.29 is 4.79 Å². The molecule has 3 nitrogen and oxygen atoms in total. The molecule has 2 fully saturated rings. The minimum absolute atomic E-state index is 0.398. The van der Waals surface area contributed by atoms with Crippen molar-refractivity contribution in [3.05, 3.63) is 0 Å². The molecule has 1 N–H and O–H groups in total. The zero-order valence-corrected chi connectivity index (χ0v) is 11.8. The second kappa shape index (κ2) is 6.55. The summed E-state index contributed by atoms with van der Waals surface area (Å²) in [4.78, 5) is 14.2. The Morgan fingerprint density at radius 1 is 1.22 bits per heavy atom. The molecular weight excluding hydrogens is 224 g/mol. The van der Waals surface area contributed by atoms with E-state index in [1.165, 1.54) is 38.5 Å². The first-order valence-electron chi connectivity index (χ1n) is 7.74. The van der Waals surface area contributed by atoms with E-state index in [1.807, 2.05) is 0 Å². The van der Waals surface area contributed by atoms with Crippen LogP contribution in [-0.2, 0) is 4.79 Å². The third-order valence-corrected chi connectivity index (χ3v) is 4.62. The third-order valence-electron chi connectivity index (χ3n) is 4.62. The summed E-state index contributed by atoms with van der Waals surface area (Å²) in [5, 5.41) is 3.44. The van der Waals surface area contributed by atoms with Gasteiger partial charge in [-0.25, -0.2) is 0 Å². The highest BCUT2D eigenvalue weighted by Gasteiger charge is 2.41. The molecule has 0 saturated carbocycles. The molecule has 104 valence electrons. The predicted octanol–water partition coefficient (Wildman–Crippen LogP) is 2.56. The Kier molecular flexibility index (Phi) is 5.04. The zero-order valence-electron chi connectivity index (χ0n) is 11.8. The van der Waals surface area contributed by atoms with Gasteiger partial charge >= 0.3 is 0 Å². The molecule has 2 aliphatic heterocycles. The van der Waals surface area contributed by atoms with Crippen molar-refractivity contribution in [2.45, 2.75) is 58.3 Å². The van der Waals surface area contributed by atoms with Gasteiger partial charge in [0.25, 0.3) is 0 Å². The number of hydrogen-bond acceptors (Lipinski definition) is 2. The van der Waals surface area contributed by atoms with Gasteiger partial charge in [0.15, 0.2) is 0 Å². The first kappa shape index (κ1) is 13.9. The summed E-state index contributed by atoms with van der Waals surface area (Å²) in [6.45, 7) is 6.49. The maximum atomic E-state index is 12.1. The standard InChI is InChI=1S/C15H28N2O/c1-2-3-4-5-6-7-14(18)17-11-9-15(13-17)8-10-16-12-15/h16H,2-13H2,1H3. The van der Waals surface area contributed by atoms with Gasteiger partial charge in [0.1, 0.15) is 0 Å². The topological polar surface area (TPSA) is 32.3 Å². The average molecular weight is 252 g/mol. The Labute approximate surface area is 111 Å². The van der Waals surface area contributed by atoms with Gasteiger partial charge in [-0.3, -0.25) is 4.79 Å². The molecule has 0 aromatic heterocycles. The molecule has 2 saturated heterocycles. The lowest BCUT2D eigenvalue weighted by molar-refractivity contribution is -0.130. The number of nitrogens with zero attached hydrogens (tertiary/aromatic N) is 1. The van der Waals surface area contributed by atoms with Crippen LogP contribution in [0.15, 0.2) is 0 Å². The predicted molar refractivity (Wildman–Crippen MR) is 74.5 cm³/mol. The van der Waals surface area contributed by atoms with Crippen LogP contribution in [0.5, 0.6) is 0 Å². The number of rotatable bonds is 6. The molecule has 1 amide bonds. The van der Waals surface area contributed by atoms with E-state index in [-0.39, 0.29) is 0 Å². The van der Waals surface area contributed by atoms with Gasteiger partial charge in [0, 0.05) is 31.5 Å². The minimum atomic E-state index is 0.398. The van der Waals surface area contributed by atoms with E-state index in [0.717, 1.165) is 39.0 Å². The largest absolute Gasteiger partial charge is 0.342 e. The summed E-state index contributed by atoms with van der Waals surface area (Å²) in [5.41, 5.74) is 0.428. The number of carbonyl (C=O) groups is 1. The highest BCUT2D eigenvalue weighted by molar-refractivity contribution is 5.76. The molecule has 0 bridgehead atoms. The van der Waals surface area contributed by atoms with Crippen molar-refractivity contribution in [2.75, 3.05) is 26.2 Å². The summed E-state index contributed by atoms with van der Waals surface area (Å²) < 4.78 is 0. The molecule has 3 heteroatoms. The van der Waals surface area contributed by atoms with Gasteiger partial charge in [-0.15, -0.1) is 0 Å². The maximum absolute atomic E-state index is 12.1. The zero-order chi connectivity index (χ0) is 12.8. The molecule has 2 aliphatic rings. The van der Waals surface area contributed by atoms with Crippen molar-refractivity contribution in [3.8, 4) is 0 Å². The van der Waals surface area contributed by atoms with Crippen LogP contribution in [0.3, 0.4) is 0 Å². The molecule has 1 unspecified atom stereocenters. The fraction of sp³-hybridized carbons (Fsp3) is 0.933. The Balaban J connectivity index is 1.64. The lowest BCUT2D eigenvalue weighted by Crippen LogP contribution is -2.33. The highest BCUT2D eigenvalue weighted by atomic mass is 16.2. The smallest absolute Gasteiger partial charge is 0.222 e. The first-order valence-corrected chi connectivity index (χ1v) is 7.74. The number of hydrogen-bond donors (Lipinski definition) is 1. The number of amides is 1. The first-order chi connectivity index (χ1) is 8.76. The number of carbonyl (C=O) groups excluding carboxylic acids is 1. The average Bonchev–Trinajstić information content (AvgIpc) is 3.00. The van der Waals surface area contributed by atoms with Crippen molar-refractivity contribution in [2.24, 2.45) is 5.41 Å². The Bertz CT molecular complexity index is 272. The van der Waals surface area contributed by atoms with E-state index in [4.69, 9.17) is 0 Å². The third kappa shape index (κ3) is 3.47. The Morgan fingerprint density at radius 3 is 2.78 bits per heavy atom. The maximum Gasteiger partial charge on any atom is 0.222 e.